The lowest BCUT2D eigenvalue weighted by molar-refractivity contribution is -0.124. The van der Waals surface area contributed by atoms with E-state index in [-0.39, 0.29) is 5.91 Å². The van der Waals surface area contributed by atoms with Gasteiger partial charge in [0.05, 0.1) is 0 Å². The van der Waals surface area contributed by atoms with Gasteiger partial charge in [-0.3, -0.25) is 4.79 Å². The monoisotopic (exact) mass is 208 g/mol. The molecule has 1 amide bonds. The molecule has 0 unspecified atom stereocenters. The van der Waals surface area contributed by atoms with Crippen LogP contribution in [-0.2, 0) is 4.79 Å². The SMILES string of the molecule is [N-]=[N+]=NCCCCCCN1CC=CC1=O. The zero-order chi connectivity index (χ0) is 10.9. The molecule has 1 heterocycles. The van der Waals surface area contributed by atoms with Crippen LogP contribution in [0.5, 0.6) is 0 Å². The maximum atomic E-state index is 11.2. The van der Waals surface area contributed by atoms with Crippen LogP contribution >= 0.6 is 0 Å². The first-order valence-electron chi connectivity index (χ1n) is 5.31. The number of hydrogen-bond acceptors (Lipinski definition) is 2. The van der Waals surface area contributed by atoms with Crippen LogP contribution in [0.2, 0.25) is 0 Å². The average molecular weight is 208 g/mol. The summed E-state index contributed by atoms with van der Waals surface area (Å²) in [5.41, 5.74) is 8.05. The summed E-state index contributed by atoms with van der Waals surface area (Å²) in [6.07, 6.45) is 7.64. The van der Waals surface area contributed by atoms with Crippen LogP contribution in [0, 0.1) is 0 Å². The van der Waals surface area contributed by atoms with Crippen molar-refractivity contribution in [3.05, 3.63) is 22.6 Å². The lowest BCUT2D eigenvalue weighted by Crippen LogP contribution is -2.26. The molecule has 1 aliphatic rings. The van der Waals surface area contributed by atoms with Crippen LogP contribution in [0.3, 0.4) is 0 Å². The first-order valence-corrected chi connectivity index (χ1v) is 5.31. The van der Waals surface area contributed by atoms with E-state index < -0.39 is 0 Å². The van der Waals surface area contributed by atoms with Gasteiger partial charge in [-0.2, -0.15) is 0 Å². The van der Waals surface area contributed by atoms with Gasteiger partial charge >= 0.3 is 0 Å². The van der Waals surface area contributed by atoms with Crippen LogP contribution in [0.25, 0.3) is 10.4 Å². The van der Waals surface area contributed by atoms with Gasteiger partial charge in [-0.15, -0.1) is 0 Å². The Labute approximate surface area is 89.4 Å². The predicted octanol–water partition coefficient (Wildman–Crippen LogP) is 2.26. The highest BCUT2D eigenvalue weighted by Gasteiger charge is 2.12. The minimum absolute atomic E-state index is 0.129. The second-order valence-corrected chi connectivity index (χ2v) is 3.56. The van der Waals surface area contributed by atoms with Crippen molar-refractivity contribution in [3.8, 4) is 0 Å². The maximum absolute atomic E-state index is 11.2. The molecule has 0 aromatic heterocycles. The van der Waals surface area contributed by atoms with E-state index in [9.17, 15) is 4.79 Å². The van der Waals surface area contributed by atoms with Gasteiger partial charge in [0.2, 0.25) is 5.91 Å². The molecule has 0 aromatic carbocycles. The zero-order valence-electron chi connectivity index (χ0n) is 8.80. The normalized spacial score (nSPS) is 14.4. The highest BCUT2D eigenvalue weighted by molar-refractivity contribution is 5.89. The summed E-state index contributed by atoms with van der Waals surface area (Å²) >= 11 is 0. The van der Waals surface area contributed by atoms with Gasteiger partial charge in [0.1, 0.15) is 0 Å². The zero-order valence-corrected chi connectivity index (χ0v) is 8.80. The lowest BCUT2D eigenvalue weighted by Gasteiger charge is -2.14. The van der Waals surface area contributed by atoms with E-state index in [2.05, 4.69) is 10.0 Å². The Morgan fingerprint density at radius 1 is 1.40 bits per heavy atom. The molecule has 0 spiro atoms. The fourth-order valence-electron chi connectivity index (χ4n) is 1.56. The largest absolute Gasteiger partial charge is 0.335 e. The maximum Gasteiger partial charge on any atom is 0.246 e. The highest BCUT2D eigenvalue weighted by atomic mass is 16.2. The van der Waals surface area contributed by atoms with Crippen molar-refractivity contribution in [2.75, 3.05) is 19.6 Å². The molecule has 5 heteroatoms. The van der Waals surface area contributed by atoms with Crippen molar-refractivity contribution in [2.24, 2.45) is 5.11 Å². The molecule has 1 aliphatic heterocycles. The van der Waals surface area contributed by atoms with Gasteiger partial charge in [-0.25, -0.2) is 0 Å². The second-order valence-electron chi connectivity index (χ2n) is 3.56. The first kappa shape index (κ1) is 11.6. The molecule has 0 saturated heterocycles. The van der Waals surface area contributed by atoms with Crippen molar-refractivity contribution in [3.63, 3.8) is 0 Å². The number of unbranched alkanes of at least 4 members (excludes halogenated alkanes) is 3. The second kappa shape index (κ2) is 6.90. The molecule has 0 atom stereocenters. The molecule has 0 aliphatic carbocycles. The number of carbonyl (C=O) groups excluding carboxylic acids is 1. The molecular formula is C10H16N4O. The van der Waals surface area contributed by atoms with Crippen LogP contribution in [-0.4, -0.2) is 30.4 Å². The third-order valence-electron chi connectivity index (χ3n) is 2.40. The van der Waals surface area contributed by atoms with Gasteiger partial charge in [0, 0.05) is 30.6 Å². The van der Waals surface area contributed by atoms with E-state index >= 15 is 0 Å². The molecule has 0 saturated carbocycles. The summed E-state index contributed by atoms with van der Waals surface area (Å²) in [4.78, 5) is 15.7. The van der Waals surface area contributed by atoms with Gasteiger partial charge < -0.3 is 4.90 Å². The van der Waals surface area contributed by atoms with E-state index in [1.165, 1.54) is 0 Å². The van der Waals surface area contributed by atoms with E-state index in [0.717, 1.165) is 38.8 Å². The summed E-state index contributed by atoms with van der Waals surface area (Å²) in [6, 6.07) is 0. The Morgan fingerprint density at radius 3 is 2.87 bits per heavy atom. The molecular weight excluding hydrogens is 192 g/mol. The van der Waals surface area contributed by atoms with Crippen LogP contribution in [0.1, 0.15) is 25.7 Å². The summed E-state index contributed by atoms with van der Waals surface area (Å²) in [7, 11) is 0. The van der Waals surface area contributed by atoms with E-state index in [0.29, 0.717) is 6.54 Å². The van der Waals surface area contributed by atoms with Gasteiger partial charge in [0.15, 0.2) is 0 Å². The highest BCUT2D eigenvalue weighted by Crippen LogP contribution is 2.06. The quantitative estimate of drug-likeness (QED) is 0.274. The van der Waals surface area contributed by atoms with Crippen molar-refractivity contribution in [1.82, 2.24) is 4.90 Å². The Bertz CT molecular complexity index is 281. The molecule has 1 rings (SSSR count). The van der Waals surface area contributed by atoms with Crippen molar-refractivity contribution >= 4 is 5.91 Å². The van der Waals surface area contributed by atoms with E-state index in [1.54, 1.807) is 6.08 Å². The molecule has 15 heavy (non-hydrogen) atoms. The number of carbonyl (C=O) groups is 1. The Hall–Kier alpha value is -1.48. The fourth-order valence-corrected chi connectivity index (χ4v) is 1.56. The van der Waals surface area contributed by atoms with Crippen LogP contribution in [0.4, 0.5) is 0 Å². The molecule has 0 radical (unpaired) electrons. The Morgan fingerprint density at radius 2 is 2.20 bits per heavy atom. The molecule has 5 nitrogen and oxygen atoms in total. The van der Waals surface area contributed by atoms with Crippen LogP contribution < -0.4 is 0 Å². The molecule has 0 fully saturated rings. The van der Waals surface area contributed by atoms with Crippen molar-refractivity contribution in [2.45, 2.75) is 25.7 Å². The number of amides is 1. The number of azide groups is 1. The number of rotatable bonds is 7. The molecule has 0 bridgehead atoms. The number of hydrogen-bond donors (Lipinski definition) is 0. The topological polar surface area (TPSA) is 69.1 Å². The van der Waals surface area contributed by atoms with Gasteiger partial charge in [0.25, 0.3) is 0 Å². The summed E-state index contributed by atoms with van der Waals surface area (Å²) in [5, 5.41) is 3.46. The summed E-state index contributed by atoms with van der Waals surface area (Å²) in [6.45, 7) is 2.19. The molecule has 0 N–H and O–H groups in total. The van der Waals surface area contributed by atoms with E-state index in [1.807, 2.05) is 11.0 Å². The molecule has 0 aromatic rings. The first-order chi connectivity index (χ1) is 7.34. The standard InChI is InChI=1S/C10H16N4O/c11-13-12-7-3-1-2-4-8-14-9-5-6-10(14)15/h5-6H,1-4,7-9H2. The predicted molar refractivity (Wildman–Crippen MR) is 58.2 cm³/mol. The minimum Gasteiger partial charge on any atom is -0.335 e. The summed E-state index contributed by atoms with van der Waals surface area (Å²) in [5.74, 6) is 0.129. The minimum atomic E-state index is 0.129. The van der Waals surface area contributed by atoms with Crippen molar-refractivity contribution in [1.29, 1.82) is 0 Å². The lowest BCUT2D eigenvalue weighted by atomic mass is 10.2. The fraction of sp³-hybridized carbons (Fsp3) is 0.700. The average Bonchev–Trinajstić information content (AvgIpc) is 2.63. The Kier molecular flexibility index (Phi) is 5.33. The van der Waals surface area contributed by atoms with Gasteiger partial charge in [-0.05, 0) is 18.4 Å². The third-order valence-corrected chi connectivity index (χ3v) is 2.40. The molecule has 82 valence electrons. The van der Waals surface area contributed by atoms with E-state index in [4.69, 9.17) is 5.53 Å². The van der Waals surface area contributed by atoms with Crippen molar-refractivity contribution < 1.29 is 4.79 Å². The van der Waals surface area contributed by atoms with Gasteiger partial charge in [-0.1, -0.05) is 24.0 Å². The van der Waals surface area contributed by atoms with Crippen LogP contribution in [0.15, 0.2) is 17.3 Å². The smallest absolute Gasteiger partial charge is 0.246 e. The number of nitrogens with zero attached hydrogens (tertiary/aromatic N) is 4. The Balaban J connectivity index is 1.93. The summed E-state index contributed by atoms with van der Waals surface area (Å²) < 4.78 is 0. The third kappa shape index (κ3) is 4.51.